The molecule has 1 N–H and O–H groups in total. The molecule has 0 aliphatic rings. The topological polar surface area (TPSA) is 47.0 Å². The number of rotatable bonds is 5. The second-order valence-corrected chi connectivity index (χ2v) is 4.61. The Kier molecular flexibility index (Phi) is 4.06. The van der Waals surface area contributed by atoms with Gasteiger partial charge in [0.15, 0.2) is 0 Å². The van der Waals surface area contributed by atoms with E-state index in [9.17, 15) is 0 Å². The van der Waals surface area contributed by atoms with Gasteiger partial charge in [-0.25, -0.2) is 4.98 Å². The van der Waals surface area contributed by atoms with Gasteiger partial charge in [0.25, 0.3) is 0 Å². The summed E-state index contributed by atoms with van der Waals surface area (Å²) in [6.45, 7) is 0. The number of likely N-dealkylation sites (N-methyl/N-ethyl adjacent to an activating group) is 1. The lowest BCUT2D eigenvalue weighted by molar-refractivity contribution is 0.379. The van der Waals surface area contributed by atoms with Gasteiger partial charge in [0, 0.05) is 23.7 Å². The van der Waals surface area contributed by atoms with Crippen LogP contribution in [0.25, 0.3) is 0 Å². The van der Waals surface area contributed by atoms with E-state index in [1.54, 1.807) is 30.8 Å². The van der Waals surface area contributed by atoms with E-state index in [2.05, 4.69) is 32.8 Å². The van der Waals surface area contributed by atoms with Gasteiger partial charge in [-0.2, -0.15) is 0 Å². The molecule has 2 aromatic heterocycles. The van der Waals surface area contributed by atoms with Crippen molar-refractivity contribution in [2.75, 3.05) is 14.2 Å². The Morgan fingerprint density at radius 3 is 2.88 bits per heavy atom. The molecule has 90 valence electrons. The van der Waals surface area contributed by atoms with Gasteiger partial charge in [0.05, 0.1) is 13.2 Å². The number of methoxy groups -OCH3 is 1. The van der Waals surface area contributed by atoms with E-state index in [4.69, 9.17) is 4.74 Å². The first-order chi connectivity index (χ1) is 8.35. The summed E-state index contributed by atoms with van der Waals surface area (Å²) < 4.78 is 5.24. The van der Waals surface area contributed by atoms with Gasteiger partial charge in [0.2, 0.25) is 5.88 Å². The van der Waals surface area contributed by atoms with Crippen LogP contribution in [-0.4, -0.2) is 24.1 Å². The van der Waals surface area contributed by atoms with E-state index in [0.717, 1.165) is 12.1 Å². The summed E-state index contributed by atoms with van der Waals surface area (Å²) in [4.78, 5) is 9.85. The number of nitrogens with zero attached hydrogens (tertiary/aromatic N) is 2. The molecule has 5 heteroatoms. The molecule has 0 bridgehead atoms. The third-order valence-electron chi connectivity index (χ3n) is 2.55. The molecule has 0 saturated carbocycles. The maximum Gasteiger partial charge on any atom is 0.237 e. The molecule has 0 saturated heterocycles. The van der Waals surface area contributed by atoms with Crippen LogP contribution in [0.15, 0.2) is 29.9 Å². The Morgan fingerprint density at radius 2 is 2.24 bits per heavy atom. The molecular formula is C12H15N3OS. The summed E-state index contributed by atoms with van der Waals surface area (Å²) in [5.41, 5.74) is 0.853. The fourth-order valence-electron chi connectivity index (χ4n) is 1.70. The third kappa shape index (κ3) is 2.81. The molecule has 0 aliphatic carbocycles. The van der Waals surface area contributed by atoms with Crippen LogP contribution in [0.5, 0.6) is 5.88 Å². The van der Waals surface area contributed by atoms with Crippen molar-refractivity contribution in [3.63, 3.8) is 0 Å². The summed E-state index contributed by atoms with van der Waals surface area (Å²) in [5.74, 6) is 0.586. The summed E-state index contributed by atoms with van der Waals surface area (Å²) in [5, 5.41) is 5.33. The first-order valence-corrected chi connectivity index (χ1v) is 6.27. The lowest BCUT2D eigenvalue weighted by Crippen LogP contribution is -2.20. The van der Waals surface area contributed by atoms with Crippen molar-refractivity contribution in [3.05, 3.63) is 40.5 Å². The highest BCUT2D eigenvalue weighted by Crippen LogP contribution is 2.24. The SMILES string of the molecule is CNC(Cc1cccs1)c1nccnc1OC. The van der Waals surface area contributed by atoms with Crippen molar-refractivity contribution in [1.82, 2.24) is 15.3 Å². The van der Waals surface area contributed by atoms with E-state index in [-0.39, 0.29) is 6.04 Å². The van der Waals surface area contributed by atoms with Gasteiger partial charge in [-0.15, -0.1) is 11.3 Å². The Bertz CT molecular complexity index is 459. The van der Waals surface area contributed by atoms with Crippen LogP contribution in [0, 0.1) is 0 Å². The molecule has 0 spiro atoms. The Hall–Kier alpha value is -1.46. The summed E-state index contributed by atoms with van der Waals surface area (Å²) in [6, 6.07) is 4.30. The molecule has 4 nitrogen and oxygen atoms in total. The normalized spacial score (nSPS) is 12.4. The van der Waals surface area contributed by atoms with Gasteiger partial charge >= 0.3 is 0 Å². The Balaban J connectivity index is 2.22. The smallest absolute Gasteiger partial charge is 0.237 e. The first kappa shape index (κ1) is 12.0. The maximum absolute atomic E-state index is 5.24. The van der Waals surface area contributed by atoms with E-state index in [1.165, 1.54) is 4.88 Å². The average molecular weight is 249 g/mol. The Labute approximate surface area is 105 Å². The molecule has 0 aromatic carbocycles. The van der Waals surface area contributed by atoms with Gasteiger partial charge in [0.1, 0.15) is 5.69 Å². The zero-order chi connectivity index (χ0) is 12.1. The number of hydrogen-bond donors (Lipinski definition) is 1. The lowest BCUT2D eigenvalue weighted by Gasteiger charge is -2.16. The van der Waals surface area contributed by atoms with Crippen LogP contribution < -0.4 is 10.1 Å². The second kappa shape index (κ2) is 5.75. The zero-order valence-corrected chi connectivity index (χ0v) is 10.7. The number of ether oxygens (including phenoxy) is 1. The number of aromatic nitrogens is 2. The molecule has 0 amide bonds. The number of nitrogens with one attached hydrogen (secondary N) is 1. The minimum Gasteiger partial charge on any atom is -0.480 e. The van der Waals surface area contributed by atoms with Gasteiger partial charge < -0.3 is 10.1 Å². The van der Waals surface area contributed by atoms with E-state index < -0.39 is 0 Å². The molecule has 0 aliphatic heterocycles. The van der Waals surface area contributed by atoms with Crippen molar-refractivity contribution in [2.45, 2.75) is 12.5 Å². The predicted octanol–water partition coefficient (Wildman–Crippen LogP) is 2.05. The molecule has 0 radical (unpaired) electrons. The largest absolute Gasteiger partial charge is 0.480 e. The number of thiophene rings is 1. The quantitative estimate of drug-likeness (QED) is 0.881. The standard InChI is InChI=1S/C12H15N3OS/c1-13-10(8-9-4-3-7-17-9)11-12(16-2)15-6-5-14-11/h3-7,10,13H,8H2,1-2H3. The fourth-order valence-corrected chi connectivity index (χ4v) is 2.45. The van der Waals surface area contributed by atoms with Crippen LogP contribution in [0.2, 0.25) is 0 Å². The van der Waals surface area contributed by atoms with Crippen molar-refractivity contribution in [1.29, 1.82) is 0 Å². The highest BCUT2D eigenvalue weighted by molar-refractivity contribution is 7.09. The molecule has 2 heterocycles. The average Bonchev–Trinajstić information content (AvgIpc) is 2.89. The van der Waals surface area contributed by atoms with Crippen molar-refractivity contribution >= 4 is 11.3 Å². The van der Waals surface area contributed by atoms with E-state index >= 15 is 0 Å². The lowest BCUT2D eigenvalue weighted by atomic mass is 10.1. The van der Waals surface area contributed by atoms with Crippen molar-refractivity contribution < 1.29 is 4.74 Å². The molecule has 2 aromatic rings. The third-order valence-corrected chi connectivity index (χ3v) is 3.45. The minimum atomic E-state index is 0.123. The minimum absolute atomic E-state index is 0.123. The summed E-state index contributed by atoms with van der Waals surface area (Å²) >= 11 is 1.75. The van der Waals surface area contributed by atoms with Crippen LogP contribution in [0.3, 0.4) is 0 Å². The fraction of sp³-hybridized carbons (Fsp3) is 0.333. The summed E-state index contributed by atoms with van der Waals surface area (Å²) in [6.07, 6.45) is 4.22. The highest BCUT2D eigenvalue weighted by atomic mass is 32.1. The molecule has 17 heavy (non-hydrogen) atoms. The van der Waals surface area contributed by atoms with E-state index in [0.29, 0.717) is 5.88 Å². The first-order valence-electron chi connectivity index (χ1n) is 5.39. The monoisotopic (exact) mass is 249 g/mol. The predicted molar refractivity (Wildman–Crippen MR) is 68.4 cm³/mol. The van der Waals surface area contributed by atoms with Crippen LogP contribution in [0.1, 0.15) is 16.6 Å². The van der Waals surface area contributed by atoms with Crippen molar-refractivity contribution in [2.24, 2.45) is 0 Å². The zero-order valence-electron chi connectivity index (χ0n) is 9.88. The second-order valence-electron chi connectivity index (χ2n) is 3.58. The molecular weight excluding hydrogens is 234 g/mol. The highest BCUT2D eigenvalue weighted by Gasteiger charge is 2.17. The van der Waals surface area contributed by atoms with Gasteiger partial charge in [-0.3, -0.25) is 4.98 Å². The molecule has 2 rings (SSSR count). The maximum atomic E-state index is 5.24. The van der Waals surface area contributed by atoms with Crippen LogP contribution >= 0.6 is 11.3 Å². The van der Waals surface area contributed by atoms with Gasteiger partial charge in [-0.05, 0) is 18.5 Å². The van der Waals surface area contributed by atoms with Gasteiger partial charge in [-0.1, -0.05) is 6.07 Å². The molecule has 1 unspecified atom stereocenters. The van der Waals surface area contributed by atoms with Crippen LogP contribution in [-0.2, 0) is 6.42 Å². The molecule has 0 fully saturated rings. The van der Waals surface area contributed by atoms with Crippen molar-refractivity contribution in [3.8, 4) is 5.88 Å². The van der Waals surface area contributed by atoms with Crippen LogP contribution in [0.4, 0.5) is 0 Å². The Morgan fingerprint density at radius 1 is 1.41 bits per heavy atom. The summed E-state index contributed by atoms with van der Waals surface area (Å²) in [7, 11) is 3.54. The molecule has 1 atom stereocenters. The number of hydrogen-bond acceptors (Lipinski definition) is 5. The van der Waals surface area contributed by atoms with E-state index in [1.807, 2.05) is 7.05 Å².